The van der Waals surface area contributed by atoms with Crippen LogP contribution in [0.4, 0.5) is 0 Å². The van der Waals surface area contributed by atoms with Gasteiger partial charge in [0, 0.05) is 19.1 Å². The molecule has 1 heterocycles. The van der Waals surface area contributed by atoms with Crippen LogP contribution in [0.5, 0.6) is 0 Å². The molecule has 1 rings (SSSR count). The topological polar surface area (TPSA) is 39.7 Å². The third kappa shape index (κ3) is 6.60. The largest absolute Gasteiger partial charge is 0.357 e. The molecule has 0 radical (unpaired) electrons. The standard InChI is InChI=1S/C16H34N4/c1-5-10-20-11-8-15(9-12-20)13-18-16(17-7-3)19-14(4)6-2/h14-15H,5-13H2,1-4H3,(H2,17,18,19). The van der Waals surface area contributed by atoms with E-state index >= 15 is 0 Å². The van der Waals surface area contributed by atoms with Gasteiger partial charge in [-0.25, -0.2) is 0 Å². The van der Waals surface area contributed by atoms with Crippen LogP contribution in [0.25, 0.3) is 0 Å². The summed E-state index contributed by atoms with van der Waals surface area (Å²) in [6.07, 6.45) is 4.99. The highest BCUT2D eigenvalue weighted by Gasteiger charge is 2.18. The van der Waals surface area contributed by atoms with E-state index in [4.69, 9.17) is 4.99 Å². The van der Waals surface area contributed by atoms with Crippen molar-refractivity contribution in [3.05, 3.63) is 0 Å². The minimum absolute atomic E-state index is 0.485. The zero-order chi connectivity index (χ0) is 14.8. The van der Waals surface area contributed by atoms with E-state index in [2.05, 4.69) is 43.2 Å². The van der Waals surface area contributed by atoms with Crippen LogP contribution in [0.2, 0.25) is 0 Å². The lowest BCUT2D eigenvalue weighted by atomic mass is 9.97. The van der Waals surface area contributed by atoms with Crippen molar-refractivity contribution in [3.63, 3.8) is 0 Å². The number of hydrogen-bond donors (Lipinski definition) is 2. The van der Waals surface area contributed by atoms with Crippen molar-refractivity contribution in [1.82, 2.24) is 15.5 Å². The van der Waals surface area contributed by atoms with Crippen molar-refractivity contribution >= 4 is 5.96 Å². The summed E-state index contributed by atoms with van der Waals surface area (Å²) in [6.45, 7) is 14.4. The number of aliphatic imine (C=N–C) groups is 1. The van der Waals surface area contributed by atoms with Crippen molar-refractivity contribution in [2.24, 2.45) is 10.9 Å². The number of piperidine rings is 1. The van der Waals surface area contributed by atoms with Crippen LogP contribution in [-0.4, -0.2) is 49.6 Å². The van der Waals surface area contributed by atoms with E-state index in [1.54, 1.807) is 0 Å². The second-order valence-corrected chi connectivity index (χ2v) is 5.96. The van der Waals surface area contributed by atoms with Crippen LogP contribution in [0.1, 0.15) is 53.4 Å². The van der Waals surface area contributed by atoms with Crippen LogP contribution < -0.4 is 10.6 Å². The molecule has 4 nitrogen and oxygen atoms in total. The average Bonchev–Trinajstić information content (AvgIpc) is 2.46. The molecule has 1 unspecified atom stereocenters. The van der Waals surface area contributed by atoms with E-state index in [1.165, 1.54) is 38.9 Å². The van der Waals surface area contributed by atoms with Gasteiger partial charge in [-0.3, -0.25) is 4.99 Å². The monoisotopic (exact) mass is 282 g/mol. The van der Waals surface area contributed by atoms with Gasteiger partial charge in [-0.15, -0.1) is 0 Å². The van der Waals surface area contributed by atoms with Crippen molar-refractivity contribution in [2.45, 2.75) is 59.4 Å². The first-order chi connectivity index (χ1) is 9.69. The summed E-state index contributed by atoms with van der Waals surface area (Å²) in [5.41, 5.74) is 0. The Morgan fingerprint density at radius 2 is 1.95 bits per heavy atom. The highest BCUT2D eigenvalue weighted by molar-refractivity contribution is 5.80. The van der Waals surface area contributed by atoms with Gasteiger partial charge in [-0.2, -0.15) is 0 Å². The second-order valence-electron chi connectivity index (χ2n) is 5.96. The van der Waals surface area contributed by atoms with Gasteiger partial charge in [0.25, 0.3) is 0 Å². The quantitative estimate of drug-likeness (QED) is 0.556. The molecule has 4 heteroatoms. The Labute approximate surface area is 125 Å². The first-order valence-electron chi connectivity index (χ1n) is 8.46. The molecule has 20 heavy (non-hydrogen) atoms. The van der Waals surface area contributed by atoms with Crippen LogP contribution in [0.3, 0.4) is 0 Å². The van der Waals surface area contributed by atoms with Crippen LogP contribution in [0, 0.1) is 5.92 Å². The maximum absolute atomic E-state index is 4.77. The average molecular weight is 282 g/mol. The Balaban J connectivity index is 2.36. The normalized spacial score (nSPS) is 19.9. The lowest BCUT2D eigenvalue weighted by Crippen LogP contribution is -2.42. The zero-order valence-corrected chi connectivity index (χ0v) is 13.9. The third-order valence-corrected chi connectivity index (χ3v) is 4.09. The number of hydrogen-bond acceptors (Lipinski definition) is 2. The summed E-state index contributed by atoms with van der Waals surface area (Å²) < 4.78 is 0. The molecule has 2 N–H and O–H groups in total. The molecule has 0 saturated carbocycles. The predicted octanol–water partition coefficient (Wildman–Crippen LogP) is 2.46. The number of likely N-dealkylation sites (tertiary alicyclic amines) is 1. The van der Waals surface area contributed by atoms with Gasteiger partial charge >= 0.3 is 0 Å². The minimum atomic E-state index is 0.485. The zero-order valence-electron chi connectivity index (χ0n) is 13.9. The Kier molecular flexibility index (Phi) is 8.67. The Hall–Kier alpha value is -0.770. The molecule has 0 bridgehead atoms. The van der Waals surface area contributed by atoms with Gasteiger partial charge in [0.15, 0.2) is 5.96 Å². The summed E-state index contributed by atoms with van der Waals surface area (Å²) in [4.78, 5) is 7.36. The van der Waals surface area contributed by atoms with E-state index < -0.39 is 0 Å². The van der Waals surface area contributed by atoms with Crippen LogP contribution in [-0.2, 0) is 0 Å². The van der Waals surface area contributed by atoms with Crippen molar-refractivity contribution in [1.29, 1.82) is 0 Å². The van der Waals surface area contributed by atoms with E-state index in [9.17, 15) is 0 Å². The number of guanidine groups is 1. The second kappa shape index (κ2) is 10.0. The molecule has 1 saturated heterocycles. The van der Waals surface area contributed by atoms with E-state index in [-0.39, 0.29) is 0 Å². The number of rotatable bonds is 7. The number of nitrogens with zero attached hydrogens (tertiary/aromatic N) is 2. The fraction of sp³-hybridized carbons (Fsp3) is 0.938. The Morgan fingerprint density at radius 3 is 2.50 bits per heavy atom. The molecule has 0 aliphatic carbocycles. The molecule has 1 aliphatic rings. The van der Waals surface area contributed by atoms with Crippen molar-refractivity contribution < 1.29 is 0 Å². The lowest BCUT2D eigenvalue weighted by molar-refractivity contribution is 0.188. The SMILES string of the molecule is CCCN1CCC(CN=C(NCC)NC(C)CC)CC1. The number of nitrogens with one attached hydrogen (secondary N) is 2. The van der Waals surface area contributed by atoms with E-state index in [0.717, 1.165) is 31.4 Å². The molecule has 0 aromatic heterocycles. The maximum atomic E-state index is 4.77. The minimum Gasteiger partial charge on any atom is -0.357 e. The first-order valence-corrected chi connectivity index (χ1v) is 8.46. The summed E-state index contributed by atoms with van der Waals surface area (Å²) in [5, 5.41) is 6.81. The summed E-state index contributed by atoms with van der Waals surface area (Å²) in [7, 11) is 0. The van der Waals surface area contributed by atoms with Gasteiger partial charge in [-0.1, -0.05) is 13.8 Å². The molecule has 0 spiro atoms. The third-order valence-electron chi connectivity index (χ3n) is 4.09. The van der Waals surface area contributed by atoms with Gasteiger partial charge in [0.05, 0.1) is 0 Å². The van der Waals surface area contributed by atoms with Gasteiger partial charge in [0.1, 0.15) is 0 Å². The summed E-state index contributed by atoms with van der Waals surface area (Å²) in [6, 6.07) is 0.485. The fourth-order valence-electron chi connectivity index (χ4n) is 2.58. The molecule has 118 valence electrons. The van der Waals surface area contributed by atoms with Gasteiger partial charge in [-0.05, 0) is 65.1 Å². The molecular formula is C16H34N4. The molecule has 0 aromatic carbocycles. The predicted molar refractivity (Wildman–Crippen MR) is 88.3 cm³/mol. The maximum Gasteiger partial charge on any atom is 0.191 e. The van der Waals surface area contributed by atoms with E-state index in [1.807, 2.05) is 0 Å². The molecule has 0 amide bonds. The highest BCUT2D eigenvalue weighted by Crippen LogP contribution is 2.17. The summed E-state index contributed by atoms with van der Waals surface area (Å²) in [5.74, 6) is 1.74. The van der Waals surface area contributed by atoms with Gasteiger partial charge in [0.2, 0.25) is 0 Å². The van der Waals surface area contributed by atoms with Gasteiger partial charge < -0.3 is 15.5 Å². The lowest BCUT2D eigenvalue weighted by Gasteiger charge is -2.31. The van der Waals surface area contributed by atoms with Crippen LogP contribution >= 0.6 is 0 Å². The Bertz CT molecular complexity index is 270. The van der Waals surface area contributed by atoms with Crippen molar-refractivity contribution in [3.8, 4) is 0 Å². The molecular weight excluding hydrogens is 248 g/mol. The smallest absolute Gasteiger partial charge is 0.191 e. The first kappa shape index (κ1) is 17.3. The van der Waals surface area contributed by atoms with E-state index in [0.29, 0.717) is 6.04 Å². The highest BCUT2D eigenvalue weighted by atomic mass is 15.2. The molecule has 0 aromatic rings. The van der Waals surface area contributed by atoms with Crippen LogP contribution in [0.15, 0.2) is 4.99 Å². The van der Waals surface area contributed by atoms with Crippen molar-refractivity contribution in [2.75, 3.05) is 32.7 Å². The fourth-order valence-corrected chi connectivity index (χ4v) is 2.58. The molecule has 1 aliphatic heterocycles. The Morgan fingerprint density at radius 1 is 1.25 bits per heavy atom. The summed E-state index contributed by atoms with van der Waals surface area (Å²) >= 11 is 0. The molecule has 1 fully saturated rings. The molecule has 1 atom stereocenters.